The minimum Gasteiger partial charge on any atom is -0.314 e. The van der Waals surface area contributed by atoms with E-state index in [-0.39, 0.29) is 0 Å². The molecule has 104 valence electrons. The van der Waals surface area contributed by atoms with Crippen molar-refractivity contribution in [2.75, 3.05) is 40.3 Å². The van der Waals surface area contributed by atoms with Crippen LogP contribution in [0.15, 0.2) is 0 Å². The third kappa shape index (κ3) is 9.57. The zero-order valence-corrected chi connectivity index (χ0v) is 12.8. The zero-order chi connectivity index (χ0) is 13.3. The summed E-state index contributed by atoms with van der Waals surface area (Å²) in [6.07, 6.45) is 2.51. The van der Waals surface area contributed by atoms with Crippen molar-refractivity contribution in [3.63, 3.8) is 0 Å². The monoisotopic (exact) mass is 243 g/mol. The fourth-order valence-corrected chi connectivity index (χ4v) is 2.04. The lowest BCUT2D eigenvalue weighted by Crippen LogP contribution is -2.37. The fourth-order valence-electron chi connectivity index (χ4n) is 2.04. The largest absolute Gasteiger partial charge is 0.314 e. The molecule has 0 fully saturated rings. The molecule has 0 aromatic rings. The molecule has 1 N–H and O–H groups in total. The van der Waals surface area contributed by atoms with Crippen molar-refractivity contribution < 1.29 is 0 Å². The van der Waals surface area contributed by atoms with E-state index in [0.29, 0.717) is 12.1 Å². The topological polar surface area (TPSA) is 18.5 Å². The first-order valence-electron chi connectivity index (χ1n) is 7.09. The van der Waals surface area contributed by atoms with Gasteiger partial charge in [0.1, 0.15) is 0 Å². The standard InChI is InChI=1S/C14H33N3/c1-7-17(12-8-11-16(5)6)14(4)9-10-15-13(2)3/h13-15H,7-12H2,1-6H3. The molecule has 1 atom stereocenters. The molecule has 3 nitrogen and oxygen atoms in total. The Morgan fingerprint density at radius 1 is 1.06 bits per heavy atom. The summed E-state index contributed by atoms with van der Waals surface area (Å²) in [5.74, 6) is 0. The van der Waals surface area contributed by atoms with Crippen molar-refractivity contribution >= 4 is 0 Å². The summed E-state index contributed by atoms with van der Waals surface area (Å²) in [5.41, 5.74) is 0. The van der Waals surface area contributed by atoms with Gasteiger partial charge >= 0.3 is 0 Å². The molecule has 0 aromatic heterocycles. The Balaban J connectivity index is 3.75. The van der Waals surface area contributed by atoms with Gasteiger partial charge in [0.05, 0.1) is 0 Å². The lowest BCUT2D eigenvalue weighted by atomic mass is 10.2. The Morgan fingerprint density at radius 2 is 1.71 bits per heavy atom. The number of nitrogens with one attached hydrogen (secondary N) is 1. The van der Waals surface area contributed by atoms with Crippen LogP contribution < -0.4 is 5.32 Å². The maximum atomic E-state index is 3.49. The molecule has 0 rings (SSSR count). The first-order chi connectivity index (χ1) is 7.97. The summed E-state index contributed by atoms with van der Waals surface area (Å²) in [4.78, 5) is 4.85. The molecule has 0 aliphatic rings. The first-order valence-corrected chi connectivity index (χ1v) is 7.09. The van der Waals surface area contributed by atoms with Gasteiger partial charge in [-0.05, 0) is 60.0 Å². The van der Waals surface area contributed by atoms with Crippen molar-refractivity contribution in [3.8, 4) is 0 Å². The molecule has 0 bridgehead atoms. The van der Waals surface area contributed by atoms with Gasteiger partial charge in [0.15, 0.2) is 0 Å². The number of hydrogen-bond donors (Lipinski definition) is 1. The maximum Gasteiger partial charge on any atom is 0.00789 e. The lowest BCUT2D eigenvalue weighted by Gasteiger charge is -2.28. The third-order valence-electron chi connectivity index (χ3n) is 3.19. The smallest absolute Gasteiger partial charge is 0.00789 e. The molecule has 0 amide bonds. The summed E-state index contributed by atoms with van der Waals surface area (Å²) in [7, 11) is 4.29. The van der Waals surface area contributed by atoms with Crippen molar-refractivity contribution in [2.24, 2.45) is 0 Å². The van der Waals surface area contributed by atoms with Gasteiger partial charge in [-0.3, -0.25) is 0 Å². The summed E-state index contributed by atoms with van der Waals surface area (Å²) in [6, 6.07) is 1.29. The van der Waals surface area contributed by atoms with E-state index in [4.69, 9.17) is 0 Å². The molecule has 0 heterocycles. The average Bonchev–Trinajstić information content (AvgIpc) is 2.23. The van der Waals surface area contributed by atoms with Crippen LogP contribution in [0, 0.1) is 0 Å². The van der Waals surface area contributed by atoms with E-state index in [1.54, 1.807) is 0 Å². The van der Waals surface area contributed by atoms with Gasteiger partial charge in [-0.25, -0.2) is 0 Å². The molecule has 3 heteroatoms. The molecule has 0 saturated heterocycles. The van der Waals surface area contributed by atoms with Crippen LogP contribution in [0.2, 0.25) is 0 Å². The molecule has 0 aromatic carbocycles. The summed E-state index contributed by atoms with van der Waals surface area (Å²) < 4.78 is 0. The highest BCUT2D eigenvalue weighted by molar-refractivity contribution is 4.68. The van der Waals surface area contributed by atoms with E-state index >= 15 is 0 Å². The number of rotatable bonds is 10. The van der Waals surface area contributed by atoms with E-state index in [1.165, 1.54) is 25.9 Å². The van der Waals surface area contributed by atoms with Crippen molar-refractivity contribution in [3.05, 3.63) is 0 Å². The third-order valence-corrected chi connectivity index (χ3v) is 3.19. The fraction of sp³-hybridized carbons (Fsp3) is 1.00. The van der Waals surface area contributed by atoms with Crippen molar-refractivity contribution in [2.45, 2.75) is 52.6 Å². The Bertz CT molecular complexity index is 169. The second-order valence-electron chi connectivity index (χ2n) is 5.53. The van der Waals surface area contributed by atoms with Crippen LogP contribution in [0.4, 0.5) is 0 Å². The lowest BCUT2D eigenvalue weighted by molar-refractivity contribution is 0.198. The Morgan fingerprint density at radius 3 is 2.18 bits per heavy atom. The van der Waals surface area contributed by atoms with E-state index in [0.717, 1.165) is 13.1 Å². The van der Waals surface area contributed by atoms with Crippen molar-refractivity contribution in [1.29, 1.82) is 0 Å². The molecule has 0 spiro atoms. The van der Waals surface area contributed by atoms with E-state index < -0.39 is 0 Å². The first kappa shape index (κ1) is 16.9. The maximum absolute atomic E-state index is 3.49. The molecule has 0 aliphatic carbocycles. The van der Waals surface area contributed by atoms with E-state index in [1.807, 2.05) is 0 Å². The Labute approximate surface area is 109 Å². The van der Waals surface area contributed by atoms with Crippen LogP contribution in [-0.4, -0.2) is 62.2 Å². The van der Waals surface area contributed by atoms with Crippen LogP contribution >= 0.6 is 0 Å². The van der Waals surface area contributed by atoms with Crippen LogP contribution in [0.1, 0.15) is 40.5 Å². The van der Waals surface area contributed by atoms with Gasteiger partial charge in [0.25, 0.3) is 0 Å². The van der Waals surface area contributed by atoms with Crippen LogP contribution in [-0.2, 0) is 0 Å². The van der Waals surface area contributed by atoms with Gasteiger partial charge in [0, 0.05) is 12.1 Å². The van der Waals surface area contributed by atoms with E-state index in [9.17, 15) is 0 Å². The Kier molecular flexibility index (Phi) is 9.79. The molecular weight excluding hydrogens is 210 g/mol. The second kappa shape index (κ2) is 9.86. The number of nitrogens with zero attached hydrogens (tertiary/aromatic N) is 2. The highest BCUT2D eigenvalue weighted by atomic mass is 15.2. The van der Waals surface area contributed by atoms with Crippen molar-refractivity contribution in [1.82, 2.24) is 15.1 Å². The quantitative estimate of drug-likeness (QED) is 0.633. The molecule has 1 unspecified atom stereocenters. The predicted molar refractivity (Wildman–Crippen MR) is 77.6 cm³/mol. The van der Waals surface area contributed by atoms with Crippen LogP contribution in [0.3, 0.4) is 0 Å². The predicted octanol–water partition coefficient (Wildman–Crippen LogP) is 2.04. The Hall–Kier alpha value is -0.120. The molecule has 17 heavy (non-hydrogen) atoms. The van der Waals surface area contributed by atoms with E-state index in [2.05, 4.69) is 56.9 Å². The van der Waals surface area contributed by atoms with Gasteiger partial charge in [-0.2, -0.15) is 0 Å². The van der Waals surface area contributed by atoms with Gasteiger partial charge in [0.2, 0.25) is 0 Å². The summed E-state index contributed by atoms with van der Waals surface area (Å²) >= 11 is 0. The summed E-state index contributed by atoms with van der Waals surface area (Å²) in [5, 5.41) is 3.49. The average molecular weight is 243 g/mol. The van der Waals surface area contributed by atoms with Crippen LogP contribution in [0.25, 0.3) is 0 Å². The van der Waals surface area contributed by atoms with Gasteiger partial charge in [-0.15, -0.1) is 0 Å². The summed E-state index contributed by atoms with van der Waals surface area (Å²) in [6.45, 7) is 13.7. The normalized spacial score (nSPS) is 13.9. The molecule has 0 saturated carbocycles. The van der Waals surface area contributed by atoms with Crippen LogP contribution in [0.5, 0.6) is 0 Å². The second-order valence-corrected chi connectivity index (χ2v) is 5.53. The molecule has 0 radical (unpaired) electrons. The molecule has 0 aliphatic heterocycles. The minimum absolute atomic E-state index is 0.603. The SMILES string of the molecule is CCN(CCCN(C)C)C(C)CCNC(C)C. The zero-order valence-electron chi connectivity index (χ0n) is 12.8. The highest BCUT2D eigenvalue weighted by Crippen LogP contribution is 2.04. The minimum atomic E-state index is 0.603. The highest BCUT2D eigenvalue weighted by Gasteiger charge is 2.11. The molecular formula is C14H33N3. The van der Waals surface area contributed by atoms with Gasteiger partial charge in [-0.1, -0.05) is 20.8 Å². The number of hydrogen-bond acceptors (Lipinski definition) is 3. The van der Waals surface area contributed by atoms with Gasteiger partial charge < -0.3 is 15.1 Å².